The van der Waals surface area contributed by atoms with Gasteiger partial charge >= 0.3 is 0 Å². The minimum Gasteiger partial charge on any atom is -0.396 e. The van der Waals surface area contributed by atoms with Crippen molar-refractivity contribution in [3.05, 3.63) is 11.9 Å². The summed E-state index contributed by atoms with van der Waals surface area (Å²) in [6, 6.07) is -0.0147. The number of rotatable bonds is 3. The number of aromatic nitrogens is 2. The Bertz CT molecular complexity index is 373. The summed E-state index contributed by atoms with van der Waals surface area (Å²) < 4.78 is 27.0. The monoisotopic (exact) mass is 245 g/mol. The molecular formula is C11H17F2N3O. The van der Waals surface area contributed by atoms with Crippen LogP contribution in [0.2, 0.25) is 0 Å². The van der Waals surface area contributed by atoms with Gasteiger partial charge in [-0.05, 0) is 31.6 Å². The minimum atomic E-state index is -2.59. The van der Waals surface area contributed by atoms with Crippen LogP contribution in [0.15, 0.2) is 6.20 Å². The number of halogens is 2. The summed E-state index contributed by atoms with van der Waals surface area (Å²) in [5.74, 6) is 0.300. The van der Waals surface area contributed by atoms with Gasteiger partial charge in [0.25, 0.3) is 6.43 Å². The molecule has 4 nitrogen and oxygen atoms in total. The Morgan fingerprint density at radius 1 is 1.41 bits per heavy atom. The van der Waals surface area contributed by atoms with E-state index in [-0.39, 0.29) is 24.0 Å². The molecule has 1 aromatic heterocycles. The highest BCUT2D eigenvalue weighted by atomic mass is 19.3. The molecule has 3 N–H and O–H groups in total. The van der Waals surface area contributed by atoms with Crippen molar-refractivity contribution in [2.75, 3.05) is 12.3 Å². The van der Waals surface area contributed by atoms with Gasteiger partial charge in [-0.1, -0.05) is 0 Å². The summed E-state index contributed by atoms with van der Waals surface area (Å²) in [7, 11) is 0. The summed E-state index contributed by atoms with van der Waals surface area (Å²) in [6.07, 6.45) is 1.94. The van der Waals surface area contributed by atoms with Crippen LogP contribution in [0.5, 0.6) is 0 Å². The molecule has 1 aliphatic rings. The van der Waals surface area contributed by atoms with E-state index < -0.39 is 6.43 Å². The lowest BCUT2D eigenvalue weighted by Gasteiger charge is -2.28. The number of alkyl halides is 2. The van der Waals surface area contributed by atoms with E-state index in [9.17, 15) is 8.78 Å². The van der Waals surface area contributed by atoms with E-state index in [2.05, 4.69) is 5.10 Å². The maximum absolute atomic E-state index is 12.8. The van der Waals surface area contributed by atoms with Crippen LogP contribution in [-0.2, 0) is 0 Å². The highest BCUT2D eigenvalue weighted by Gasteiger charge is 2.27. The van der Waals surface area contributed by atoms with Gasteiger partial charge in [0.15, 0.2) is 0 Å². The lowest BCUT2D eigenvalue weighted by atomic mass is 9.86. The first kappa shape index (κ1) is 12.3. The first-order chi connectivity index (χ1) is 8.13. The molecule has 6 heteroatoms. The number of aliphatic hydroxyl groups excluding tert-OH is 1. The van der Waals surface area contributed by atoms with Gasteiger partial charge in [-0.3, -0.25) is 4.68 Å². The molecule has 1 saturated carbocycles. The molecule has 0 unspecified atom stereocenters. The highest BCUT2D eigenvalue weighted by Crippen LogP contribution is 2.35. The Balaban J connectivity index is 2.13. The second-order valence-electron chi connectivity index (χ2n) is 4.59. The third kappa shape index (κ3) is 2.41. The van der Waals surface area contributed by atoms with Crippen molar-refractivity contribution >= 4 is 5.69 Å². The Kier molecular flexibility index (Phi) is 3.61. The summed E-state index contributed by atoms with van der Waals surface area (Å²) in [5.41, 5.74) is 5.39. The number of hydrogen-bond donors (Lipinski definition) is 2. The number of anilines is 1. The third-order valence-corrected chi connectivity index (χ3v) is 3.49. The minimum absolute atomic E-state index is 0.0147. The van der Waals surface area contributed by atoms with Crippen molar-refractivity contribution in [3.8, 4) is 0 Å². The van der Waals surface area contributed by atoms with Gasteiger partial charge in [0.05, 0.1) is 17.9 Å². The van der Waals surface area contributed by atoms with Crippen LogP contribution >= 0.6 is 0 Å². The molecule has 1 aliphatic carbocycles. The van der Waals surface area contributed by atoms with Crippen LogP contribution in [0.25, 0.3) is 0 Å². The lowest BCUT2D eigenvalue weighted by molar-refractivity contribution is 0.125. The maximum atomic E-state index is 12.8. The quantitative estimate of drug-likeness (QED) is 0.857. The topological polar surface area (TPSA) is 64.1 Å². The summed E-state index contributed by atoms with van der Waals surface area (Å²) in [4.78, 5) is 0. The maximum Gasteiger partial charge on any atom is 0.282 e. The normalized spacial score (nSPS) is 25.4. The van der Waals surface area contributed by atoms with E-state index in [0.717, 1.165) is 25.7 Å². The van der Waals surface area contributed by atoms with E-state index in [1.165, 1.54) is 10.9 Å². The van der Waals surface area contributed by atoms with Crippen LogP contribution in [0.4, 0.5) is 14.5 Å². The molecule has 0 saturated heterocycles. The van der Waals surface area contributed by atoms with E-state index >= 15 is 0 Å². The predicted molar refractivity (Wildman–Crippen MR) is 59.7 cm³/mol. The number of nitrogens with two attached hydrogens (primary N) is 1. The summed E-state index contributed by atoms with van der Waals surface area (Å²) >= 11 is 0. The van der Waals surface area contributed by atoms with Crippen LogP contribution in [-0.4, -0.2) is 21.5 Å². The summed E-state index contributed by atoms with van der Waals surface area (Å²) in [6.45, 7) is 0.176. The number of aliphatic hydroxyl groups is 1. The smallest absolute Gasteiger partial charge is 0.282 e. The Labute approximate surface area is 98.4 Å². The second-order valence-corrected chi connectivity index (χ2v) is 4.59. The van der Waals surface area contributed by atoms with Crippen molar-refractivity contribution in [1.29, 1.82) is 0 Å². The van der Waals surface area contributed by atoms with E-state index in [4.69, 9.17) is 10.8 Å². The highest BCUT2D eigenvalue weighted by molar-refractivity contribution is 5.41. The Morgan fingerprint density at radius 3 is 2.59 bits per heavy atom. The molecule has 1 fully saturated rings. The van der Waals surface area contributed by atoms with Crippen LogP contribution in [0.1, 0.15) is 43.8 Å². The van der Waals surface area contributed by atoms with E-state index in [0.29, 0.717) is 5.92 Å². The fourth-order valence-corrected chi connectivity index (χ4v) is 2.47. The lowest BCUT2D eigenvalue weighted by Crippen LogP contribution is -2.22. The molecule has 0 aromatic carbocycles. The van der Waals surface area contributed by atoms with Crippen molar-refractivity contribution in [3.63, 3.8) is 0 Å². The molecule has 0 bridgehead atoms. The van der Waals surface area contributed by atoms with Crippen LogP contribution < -0.4 is 5.73 Å². The van der Waals surface area contributed by atoms with Crippen LogP contribution in [0, 0.1) is 5.92 Å². The molecule has 0 amide bonds. The Hall–Kier alpha value is -1.17. The van der Waals surface area contributed by atoms with Gasteiger partial charge in [0.1, 0.15) is 5.69 Å². The molecule has 0 aliphatic heterocycles. The molecule has 1 heterocycles. The molecule has 0 atom stereocenters. The zero-order chi connectivity index (χ0) is 12.4. The van der Waals surface area contributed by atoms with Gasteiger partial charge in [-0.2, -0.15) is 5.10 Å². The fourth-order valence-electron chi connectivity index (χ4n) is 2.47. The van der Waals surface area contributed by atoms with Gasteiger partial charge in [-0.15, -0.1) is 0 Å². The number of nitrogens with zero attached hydrogens (tertiary/aromatic N) is 2. The average Bonchev–Trinajstić information content (AvgIpc) is 2.71. The molecule has 0 radical (unpaired) electrons. The van der Waals surface area contributed by atoms with Crippen molar-refractivity contribution in [2.24, 2.45) is 5.92 Å². The van der Waals surface area contributed by atoms with Gasteiger partial charge < -0.3 is 10.8 Å². The fraction of sp³-hybridized carbons (Fsp3) is 0.727. The standard InChI is InChI=1S/C11H17F2N3O/c12-11(13)10-9(14)5-15-16(10)8-3-1-7(6-17)2-4-8/h5,7-8,11,17H,1-4,6,14H2. The first-order valence-corrected chi connectivity index (χ1v) is 5.85. The zero-order valence-electron chi connectivity index (χ0n) is 9.52. The van der Waals surface area contributed by atoms with Crippen molar-refractivity contribution in [2.45, 2.75) is 38.2 Å². The van der Waals surface area contributed by atoms with E-state index in [1.807, 2.05) is 0 Å². The molecule has 2 rings (SSSR count). The second kappa shape index (κ2) is 5.00. The van der Waals surface area contributed by atoms with Gasteiger partial charge in [0.2, 0.25) is 0 Å². The molecular weight excluding hydrogens is 228 g/mol. The molecule has 1 aromatic rings. The zero-order valence-corrected chi connectivity index (χ0v) is 9.52. The van der Waals surface area contributed by atoms with Crippen LogP contribution in [0.3, 0.4) is 0 Å². The largest absolute Gasteiger partial charge is 0.396 e. The van der Waals surface area contributed by atoms with Crippen molar-refractivity contribution < 1.29 is 13.9 Å². The first-order valence-electron chi connectivity index (χ1n) is 5.85. The SMILES string of the molecule is Nc1cnn(C2CCC(CO)CC2)c1C(F)F. The van der Waals surface area contributed by atoms with Crippen molar-refractivity contribution in [1.82, 2.24) is 9.78 Å². The average molecular weight is 245 g/mol. The summed E-state index contributed by atoms with van der Waals surface area (Å²) in [5, 5.41) is 13.0. The molecule has 0 spiro atoms. The van der Waals surface area contributed by atoms with Gasteiger partial charge in [-0.25, -0.2) is 8.78 Å². The Morgan fingerprint density at radius 2 is 2.06 bits per heavy atom. The predicted octanol–water partition coefficient (Wildman–Crippen LogP) is 2.13. The van der Waals surface area contributed by atoms with E-state index in [1.54, 1.807) is 0 Å². The van der Waals surface area contributed by atoms with Gasteiger partial charge in [0, 0.05) is 6.61 Å². The molecule has 96 valence electrons. The molecule has 17 heavy (non-hydrogen) atoms. The number of nitrogen functional groups attached to an aromatic ring is 1. The number of hydrogen-bond acceptors (Lipinski definition) is 3. The third-order valence-electron chi connectivity index (χ3n) is 3.49.